The number of hydrogen-bond donors (Lipinski definition) is 2. The van der Waals surface area contributed by atoms with Crippen LogP contribution < -0.4 is 10.6 Å². The van der Waals surface area contributed by atoms with Crippen molar-refractivity contribution in [2.75, 3.05) is 18.8 Å². The standard InChI is InChI=1S/C20H26ClN3O2S.HI/c1-2-22-20(24-15-18-10-6-11-19(21)14-18)23-12-7-13-27(25,26)16-17-8-4-3-5-9-17;/h3-6,8-11,14H,2,7,12-13,15-16H2,1H3,(H2,22,23,24);1H. The molecule has 2 N–H and O–H groups in total. The molecule has 0 amide bonds. The molecule has 2 aromatic carbocycles. The van der Waals surface area contributed by atoms with Crippen LogP contribution in [0.15, 0.2) is 59.6 Å². The molecule has 0 atom stereocenters. The number of sulfone groups is 1. The summed E-state index contributed by atoms with van der Waals surface area (Å²) in [6.07, 6.45) is 0.525. The topological polar surface area (TPSA) is 70.6 Å². The van der Waals surface area contributed by atoms with Crippen molar-refractivity contribution in [3.63, 3.8) is 0 Å². The SMILES string of the molecule is CCNC(=NCc1cccc(Cl)c1)NCCCS(=O)(=O)Cc1ccccc1.I. The quantitative estimate of drug-likeness (QED) is 0.220. The molecule has 0 bridgehead atoms. The molecule has 0 aliphatic carbocycles. The Balaban J connectivity index is 0.00000392. The van der Waals surface area contributed by atoms with E-state index in [2.05, 4.69) is 15.6 Å². The van der Waals surface area contributed by atoms with Gasteiger partial charge in [-0.1, -0.05) is 54.1 Å². The first-order chi connectivity index (χ1) is 13.0. The van der Waals surface area contributed by atoms with Gasteiger partial charge in [0.25, 0.3) is 0 Å². The molecule has 5 nitrogen and oxygen atoms in total. The Labute approximate surface area is 189 Å². The summed E-state index contributed by atoms with van der Waals surface area (Å²) in [5.74, 6) is 0.886. The first-order valence-corrected chi connectivity index (χ1v) is 11.2. The molecule has 0 heterocycles. The van der Waals surface area contributed by atoms with E-state index in [9.17, 15) is 8.42 Å². The van der Waals surface area contributed by atoms with Crippen molar-refractivity contribution in [2.45, 2.75) is 25.6 Å². The number of aliphatic imine (C=N–C) groups is 1. The van der Waals surface area contributed by atoms with Crippen LogP contribution in [0.2, 0.25) is 5.02 Å². The van der Waals surface area contributed by atoms with Crippen molar-refractivity contribution >= 4 is 51.4 Å². The third-order valence-electron chi connectivity index (χ3n) is 3.81. The van der Waals surface area contributed by atoms with Gasteiger partial charge in [-0.25, -0.2) is 13.4 Å². The first-order valence-electron chi connectivity index (χ1n) is 8.99. The fourth-order valence-electron chi connectivity index (χ4n) is 2.55. The van der Waals surface area contributed by atoms with Crippen LogP contribution in [0.1, 0.15) is 24.5 Å². The van der Waals surface area contributed by atoms with Crippen molar-refractivity contribution in [1.82, 2.24) is 10.6 Å². The summed E-state index contributed by atoms with van der Waals surface area (Å²) in [7, 11) is -3.12. The number of nitrogens with one attached hydrogen (secondary N) is 2. The molecular weight excluding hydrogens is 509 g/mol. The monoisotopic (exact) mass is 535 g/mol. The average molecular weight is 536 g/mol. The van der Waals surface area contributed by atoms with Crippen molar-refractivity contribution < 1.29 is 8.42 Å². The third kappa shape index (κ3) is 9.75. The minimum absolute atomic E-state index is 0. The summed E-state index contributed by atoms with van der Waals surface area (Å²) in [6, 6.07) is 16.8. The molecule has 0 saturated heterocycles. The molecule has 28 heavy (non-hydrogen) atoms. The molecule has 154 valence electrons. The lowest BCUT2D eigenvalue weighted by molar-refractivity contribution is 0.591. The van der Waals surface area contributed by atoms with Crippen molar-refractivity contribution in [1.29, 1.82) is 0 Å². The summed E-state index contributed by atoms with van der Waals surface area (Å²) >= 11 is 5.99. The zero-order valence-electron chi connectivity index (χ0n) is 15.9. The second kappa shape index (κ2) is 13.0. The minimum Gasteiger partial charge on any atom is -0.357 e. The normalized spacial score (nSPS) is 11.6. The number of halogens is 2. The Morgan fingerprint density at radius 2 is 1.75 bits per heavy atom. The molecule has 0 aromatic heterocycles. The highest BCUT2D eigenvalue weighted by atomic mass is 127. The van der Waals surface area contributed by atoms with Gasteiger partial charge < -0.3 is 10.6 Å². The maximum absolute atomic E-state index is 12.2. The third-order valence-corrected chi connectivity index (χ3v) is 5.73. The number of benzene rings is 2. The molecule has 0 aliphatic rings. The molecular formula is C20H27ClIN3O2S. The van der Waals surface area contributed by atoms with Gasteiger partial charge in [-0.05, 0) is 36.6 Å². The number of rotatable bonds is 9. The summed E-state index contributed by atoms with van der Waals surface area (Å²) in [6.45, 7) is 3.76. The van der Waals surface area contributed by atoms with Gasteiger partial charge in [0, 0.05) is 18.1 Å². The van der Waals surface area contributed by atoms with E-state index < -0.39 is 9.84 Å². The number of hydrogen-bond acceptors (Lipinski definition) is 3. The van der Waals surface area contributed by atoms with Crippen LogP contribution in [0.3, 0.4) is 0 Å². The molecule has 0 saturated carbocycles. The lowest BCUT2D eigenvalue weighted by Gasteiger charge is -2.11. The fraction of sp³-hybridized carbons (Fsp3) is 0.350. The zero-order chi connectivity index (χ0) is 19.5. The van der Waals surface area contributed by atoms with Crippen molar-refractivity contribution in [2.24, 2.45) is 4.99 Å². The predicted octanol–water partition coefficient (Wildman–Crippen LogP) is 4.02. The largest absolute Gasteiger partial charge is 0.357 e. The van der Waals surface area contributed by atoms with Gasteiger partial charge in [0.15, 0.2) is 15.8 Å². The second-order valence-corrected chi connectivity index (χ2v) is 8.80. The molecule has 8 heteroatoms. The van der Waals surface area contributed by atoms with E-state index in [1.807, 2.05) is 61.5 Å². The number of nitrogens with zero attached hydrogens (tertiary/aromatic N) is 1. The lowest BCUT2D eigenvalue weighted by Crippen LogP contribution is -2.38. The van der Waals surface area contributed by atoms with Gasteiger partial charge in [-0.15, -0.1) is 24.0 Å². The summed E-state index contributed by atoms with van der Waals surface area (Å²) < 4.78 is 24.5. The molecule has 0 spiro atoms. The average Bonchev–Trinajstić information content (AvgIpc) is 2.63. The van der Waals surface area contributed by atoms with Crippen molar-refractivity contribution in [3.8, 4) is 0 Å². The van der Waals surface area contributed by atoms with Crippen LogP contribution in [-0.4, -0.2) is 33.2 Å². The van der Waals surface area contributed by atoms with Crippen LogP contribution in [0.5, 0.6) is 0 Å². The van der Waals surface area contributed by atoms with Gasteiger partial charge in [0.1, 0.15) is 0 Å². The zero-order valence-corrected chi connectivity index (χ0v) is 19.8. The summed E-state index contributed by atoms with van der Waals surface area (Å²) in [5, 5.41) is 7.03. The predicted molar refractivity (Wildman–Crippen MR) is 128 cm³/mol. The maximum atomic E-state index is 12.2. The highest BCUT2D eigenvalue weighted by Crippen LogP contribution is 2.11. The summed E-state index contributed by atoms with van der Waals surface area (Å²) in [5.41, 5.74) is 1.84. The van der Waals surface area contributed by atoms with Crippen LogP contribution in [0.25, 0.3) is 0 Å². The van der Waals surface area contributed by atoms with E-state index in [4.69, 9.17) is 11.6 Å². The molecule has 2 aromatic rings. The van der Waals surface area contributed by atoms with Crippen LogP contribution in [0, 0.1) is 0 Å². The second-order valence-electron chi connectivity index (χ2n) is 6.18. The van der Waals surface area contributed by atoms with Crippen LogP contribution in [0.4, 0.5) is 0 Å². The Bertz CT molecular complexity index is 846. The molecule has 0 fully saturated rings. The fourth-order valence-corrected chi connectivity index (χ4v) is 4.19. The lowest BCUT2D eigenvalue weighted by atomic mass is 10.2. The smallest absolute Gasteiger partial charge is 0.191 e. The van der Waals surface area contributed by atoms with E-state index in [0.717, 1.165) is 17.7 Å². The Morgan fingerprint density at radius 1 is 1.04 bits per heavy atom. The van der Waals surface area contributed by atoms with Gasteiger partial charge >= 0.3 is 0 Å². The van der Waals surface area contributed by atoms with Gasteiger partial charge in [-0.2, -0.15) is 0 Å². The van der Waals surface area contributed by atoms with Crippen molar-refractivity contribution in [3.05, 3.63) is 70.7 Å². The van der Waals surface area contributed by atoms with E-state index >= 15 is 0 Å². The van der Waals surface area contributed by atoms with Gasteiger partial charge in [-0.3, -0.25) is 0 Å². The molecule has 2 rings (SSSR count). The van der Waals surface area contributed by atoms with Crippen LogP contribution >= 0.6 is 35.6 Å². The molecule has 0 unspecified atom stereocenters. The molecule has 0 radical (unpaired) electrons. The Hall–Kier alpha value is -1.32. The van der Waals surface area contributed by atoms with E-state index in [0.29, 0.717) is 30.5 Å². The van der Waals surface area contributed by atoms with Crippen LogP contribution in [-0.2, 0) is 22.1 Å². The van der Waals surface area contributed by atoms with Gasteiger partial charge in [0.2, 0.25) is 0 Å². The highest BCUT2D eigenvalue weighted by molar-refractivity contribution is 14.0. The van der Waals surface area contributed by atoms with E-state index in [1.165, 1.54) is 0 Å². The maximum Gasteiger partial charge on any atom is 0.191 e. The highest BCUT2D eigenvalue weighted by Gasteiger charge is 2.11. The first kappa shape index (κ1) is 24.7. The van der Waals surface area contributed by atoms with E-state index in [1.54, 1.807) is 0 Å². The summed E-state index contributed by atoms with van der Waals surface area (Å²) in [4.78, 5) is 4.51. The molecule has 0 aliphatic heterocycles. The Kier molecular flexibility index (Phi) is 11.5. The van der Waals surface area contributed by atoms with E-state index in [-0.39, 0.29) is 35.5 Å². The Morgan fingerprint density at radius 3 is 2.43 bits per heavy atom. The number of guanidine groups is 1. The minimum atomic E-state index is -3.12. The van der Waals surface area contributed by atoms with Gasteiger partial charge in [0.05, 0.1) is 18.1 Å².